The lowest BCUT2D eigenvalue weighted by Gasteiger charge is -2.20. The molecule has 8 aromatic carbocycles. The van der Waals surface area contributed by atoms with Crippen molar-refractivity contribution in [1.82, 2.24) is 0 Å². The summed E-state index contributed by atoms with van der Waals surface area (Å²) >= 11 is 0. The normalized spacial score (nSPS) is 12.1. The average molecular weight is 843 g/mol. The number of esters is 3. The largest absolute Gasteiger partial charge is 0.507 e. The second-order valence-corrected chi connectivity index (χ2v) is 15.7. The summed E-state index contributed by atoms with van der Waals surface area (Å²) in [5, 5.41) is 23.7. The molecule has 0 heterocycles. The van der Waals surface area contributed by atoms with Crippen molar-refractivity contribution in [3.8, 4) is 28.7 Å². The molecule has 314 valence electrons. The quantitative estimate of drug-likeness (QED) is 0.125. The lowest BCUT2D eigenvalue weighted by Crippen LogP contribution is -2.14. The van der Waals surface area contributed by atoms with Gasteiger partial charge < -0.3 is 24.4 Å². The third kappa shape index (κ3) is 8.89. The predicted octanol–water partition coefficient (Wildman–Crippen LogP) is 11.0. The smallest absolute Gasteiger partial charge is 0.343 e. The van der Waals surface area contributed by atoms with Gasteiger partial charge in [0.05, 0.1) is 16.7 Å². The Kier molecular flexibility index (Phi) is 11.8. The van der Waals surface area contributed by atoms with Crippen LogP contribution in [-0.2, 0) is 32.1 Å². The van der Waals surface area contributed by atoms with Gasteiger partial charge in [0.15, 0.2) is 0 Å². The van der Waals surface area contributed by atoms with Crippen LogP contribution in [0.15, 0.2) is 182 Å². The first-order chi connectivity index (χ1) is 31.3. The van der Waals surface area contributed by atoms with Crippen molar-refractivity contribution in [3.63, 3.8) is 0 Å². The van der Waals surface area contributed by atoms with Gasteiger partial charge in [-0.15, -0.1) is 0 Å². The van der Waals surface area contributed by atoms with Gasteiger partial charge in [0, 0.05) is 32.1 Å². The Morgan fingerprint density at radius 3 is 0.734 bits per heavy atom. The molecule has 2 N–H and O–H groups in total. The first kappa shape index (κ1) is 41.1. The van der Waals surface area contributed by atoms with E-state index in [-0.39, 0.29) is 43.6 Å². The number of hydrogen-bond acceptors (Lipinski definition) is 8. The van der Waals surface area contributed by atoms with Gasteiger partial charge in [0.1, 0.15) is 28.7 Å². The first-order valence-electron chi connectivity index (χ1n) is 21.0. The van der Waals surface area contributed by atoms with Crippen molar-refractivity contribution < 1.29 is 38.8 Å². The van der Waals surface area contributed by atoms with Crippen molar-refractivity contribution >= 4 is 17.9 Å². The zero-order valence-corrected chi connectivity index (χ0v) is 34.7. The number of phenolic OH excluding ortho intramolecular Hbond substituents is 2. The third-order valence-electron chi connectivity index (χ3n) is 11.5. The van der Waals surface area contributed by atoms with Gasteiger partial charge in [-0.2, -0.15) is 0 Å². The second kappa shape index (κ2) is 18.4. The Bertz CT molecular complexity index is 2840. The SMILES string of the molecule is O=C(Oc1c2cccc1Cc1cccc(c1OC(=O)c1ccccc1)Cc1cccc(c1OC(=O)c1ccccc1)Cc1cccc(c1O)Cc1cccc(c1O)C2)c1ccccc1. The number of benzene rings is 8. The van der Waals surface area contributed by atoms with E-state index in [0.717, 1.165) is 0 Å². The molecule has 64 heavy (non-hydrogen) atoms. The molecule has 9 rings (SSSR count). The highest BCUT2D eigenvalue weighted by atomic mass is 16.5. The Balaban J connectivity index is 1.25. The van der Waals surface area contributed by atoms with E-state index in [9.17, 15) is 24.6 Å². The highest BCUT2D eigenvalue weighted by Gasteiger charge is 2.25. The zero-order chi connectivity index (χ0) is 44.0. The average Bonchev–Trinajstić information content (AvgIpc) is 3.32. The van der Waals surface area contributed by atoms with E-state index in [1.807, 2.05) is 109 Å². The summed E-state index contributed by atoms with van der Waals surface area (Å²) in [7, 11) is 0. The Morgan fingerprint density at radius 2 is 0.484 bits per heavy atom. The van der Waals surface area contributed by atoms with Gasteiger partial charge in [-0.25, -0.2) is 14.4 Å². The van der Waals surface area contributed by atoms with Crippen LogP contribution in [0.1, 0.15) is 86.7 Å². The van der Waals surface area contributed by atoms with Crippen LogP contribution in [0.5, 0.6) is 28.7 Å². The third-order valence-corrected chi connectivity index (χ3v) is 11.5. The minimum atomic E-state index is -0.566. The number of para-hydroxylation sites is 5. The molecule has 0 saturated carbocycles. The maximum atomic E-state index is 14.0. The number of carbonyl (C=O) groups excluding carboxylic acids is 3. The van der Waals surface area contributed by atoms with Crippen molar-refractivity contribution in [2.24, 2.45) is 0 Å². The minimum absolute atomic E-state index is 0.0538. The van der Waals surface area contributed by atoms with Crippen molar-refractivity contribution in [2.45, 2.75) is 32.1 Å². The fourth-order valence-electron chi connectivity index (χ4n) is 8.21. The maximum Gasteiger partial charge on any atom is 0.343 e. The number of rotatable bonds is 6. The number of carbonyl (C=O) groups is 3. The van der Waals surface area contributed by atoms with Crippen molar-refractivity contribution in [2.75, 3.05) is 0 Å². The number of hydrogen-bond donors (Lipinski definition) is 2. The molecule has 0 unspecified atom stereocenters. The molecule has 0 radical (unpaired) electrons. The van der Waals surface area contributed by atoms with Gasteiger partial charge >= 0.3 is 17.9 Å². The summed E-state index contributed by atoms with van der Waals surface area (Å²) < 4.78 is 19.0. The maximum absolute atomic E-state index is 14.0. The van der Waals surface area contributed by atoms with Gasteiger partial charge in [-0.3, -0.25) is 0 Å². The van der Waals surface area contributed by atoms with Crippen molar-refractivity contribution in [3.05, 3.63) is 254 Å². The standard InChI is InChI=1S/C56H42O8/c57-49-39-21-10-23-41(49)32-43-25-12-27-45(51(43)62-54(59)36-15-4-1-5-16-36)34-47-29-14-30-48(53(47)64-56(61)38-19-8-3-9-20-38)35-46-28-13-26-44(33-42-24-11-22-40(31-39)50(42)58)52(46)63-55(60)37-17-6-2-7-18-37/h1-30,57-58H,31-35H2. The van der Waals surface area contributed by atoms with Crippen LogP contribution in [-0.4, -0.2) is 28.1 Å². The van der Waals surface area contributed by atoms with E-state index in [4.69, 9.17) is 14.2 Å². The van der Waals surface area contributed by atoms with Crippen LogP contribution >= 0.6 is 0 Å². The van der Waals surface area contributed by atoms with Crippen LogP contribution in [0.3, 0.4) is 0 Å². The Hall–Kier alpha value is -8.23. The Labute approximate surface area is 370 Å². The van der Waals surface area contributed by atoms with Crippen LogP contribution in [0.25, 0.3) is 0 Å². The van der Waals surface area contributed by atoms with Gasteiger partial charge in [0.25, 0.3) is 0 Å². The molecule has 0 amide bonds. The van der Waals surface area contributed by atoms with E-state index in [2.05, 4.69) is 0 Å². The van der Waals surface area contributed by atoms with Gasteiger partial charge in [-0.1, -0.05) is 146 Å². The molecular formula is C56H42O8. The lowest BCUT2D eigenvalue weighted by molar-refractivity contribution is 0.0722. The van der Waals surface area contributed by atoms with Crippen molar-refractivity contribution in [1.29, 1.82) is 0 Å². The van der Waals surface area contributed by atoms with E-state index in [1.165, 1.54) is 0 Å². The number of fused-ring (bicyclic) bond motifs is 10. The van der Waals surface area contributed by atoms with Crippen LogP contribution in [0.4, 0.5) is 0 Å². The molecule has 10 bridgehead atoms. The summed E-state index contributed by atoms with van der Waals surface area (Å²) in [4.78, 5) is 41.6. The van der Waals surface area contributed by atoms with Gasteiger partial charge in [-0.05, 0) is 92.0 Å². The molecule has 1 aliphatic carbocycles. The predicted molar refractivity (Wildman–Crippen MR) is 244 cm³/mol. The molecule has 0 aliphatic heterocycles. The van der Waals surface area contributed by atoms with E-state index < -0.39 is 17.9 Å². The molecule has 0 fully saturated rings. The molecule has 0 spiro atoms. The van der Waals surface area contributed by atoms with Crippen LogP contribution in [0, 0.1) is 0 Å². The van der Waals surface area contributed by atoms with Gasteiger partial charge in [0.2, 0.25) is 0 Å². The molecule has 1 aliphatic rings. The topological polar surface area (TPSA) is 119 Å². The number of ether oxygens (including phenoxy) is 3. The molecule has 8 heteroatoms. The zero-order valence-electron chi connectivity index (χ0n) is 34.7. The second-order valence-electron chi connectivity index (χ2n) is 15.7. The molecule has 0 atom stereocenters. The number of phenols is 2. The molecule has 8 aromatic rings. The van der Waals surface area contributed by atoms with E-state index in [1.54, 1.807) is 72.8 Å². The molecule has 0 saturated heterocycles. The fourth-order valence-corrected chi connectivity index (χ4v) is 8.21. The summed E-state index contributed by atoms with van der Waals surface area (Å²) in [6.07, 6.45) is 1.03. The van der Waals surface area contributed by atoms with Crippen LogP contribution < -0.4 is 14.2 Å². The highest BCUT2D eigenvalue weighted by Crippen LogP contribution is 2.39. The number of aromatic hydroxyl groups is 2. The summed E-state index contributed by atoms with van der Waals surface area (Å²) in [6, 6.07) is 54.0. The lowest BCUT2D eigenvalue weighted by atomic mass is 9.91. The molecule has 8 nitrogen and oxygen atoms in total. The minimum Gasteiger partial charge on any atom is -0.507 e. The highest BCUT2D eigenvalue weighted by molar-refractivity contribution is 5.93. The summed E-state index contributed by atoms with van der Waals surface area (Å²) in [6.45, 7) is 0. The van der Waals surface area contributed by atoms with E-state index in [0.29, 0.717) is 89.6 Å². The summed E-state index contributed by atoms with van der Waals surface area (Å²) in [5.41, 5.74) is 7.31. The fraction of sp³-hybridized carbons (Fsp3) is 0.0893. The Morgan fingerprint density at radius 1 is 0.281 bits per heavy atom. The summed E-state index contributed by atoms with van der Waals surface area (Å²) in [5.74, 6) is -0.639. The monoisotopic (exact) mass is 842 g/mol. The molecular weight excluding hydrogens is 801 g/mol. The van der Waals surface area contributed by atoms with E-state index >= 15 is 0 Å². The van der Waals surface area contributed by atoms with Crippen LogP contribution in [0.2, 0.25) is 0 Å². The first-order valence-corrected chi connectivity index (χ1v) is 21.0. The molecule has 0 aromatic heterocycles.